The zero-order valence-electron chi connectivity index (χ0n) is 56.1. The van der Waals surface area contributed by atoms with Crippen molar-refractivity contribution >= 4 is 117 Å². The number of aliphatic carboxylic acids is 3. The predicted octanol–water partition coefficient (Wildman–Crippen LogP) is -3.53. The fourth-order valence-corrected chi connectivity index (χ4v) is 11.0. The highest BCUT2D eigenvalue weighted by molar-refractivity contribution is 6.04. The van der Waals surface area contributed by atoms with Gasteiger partial charge in [0.25, 0.3) is 5.91 Å². The second-order valence-electron chi connectivity index (χ2n) is 24.4. The lowest BCUT2D eigenvalue weighted by Crippen LogP contribution is -2.62. The van der Waals surface area contributed by atoms with E-state index in [2.05, 4.69) is 75.0 Å². The highest BCUT2D eigenvalue weighted by Crippen LogP contribution is 2.27. The van der Waals surface area contributed by atoms with Gasteiger partial charge in [-0.25, -0.2) is 4.79 Å². The monoisotopic (exact) mass is 1450 g/mol. The number of phenolic OH excluding ortho intramolecular Hbond substituents is 1. The van der Waals surface area contributed by atoms with Crippen LogP contribution in [0.15, 0.2) is 103 Å². The fourth-order valence-electron chi connectivity index (χ4n) is 11.0. The quantitative estimate of drug-likeness (QED) is 0.0192. The number of amides is 11. The number of aromatic hydroxyl groups is 1. The first-order chi connectivity index (χ1) is 49.3. The Labute approximate surface area is 590 Å². The maximum atomic E-state index is 15.3. The average Bonchev–Trinajstić information content (AvgIpc) is 1.59. The van der Waals surface area contributed by atoms with Gasteiger partial charge in [-0.3, -0.25) is 67.1 Å². The molecule has 2 aromatic heterocycles. The molecule has 7 rings (SSSR count). The molecule has 37 heteroatoms. The van der Waals surface area contributed by atoms with Crippen LogP contribution in [-0.2, 0) is 87.8 Å². The molecule has 0 spiro atoms. The molecule has 37 nitrogen and oxygen atoms in total. The number of nitrogens with one attached hydrogen (secondary N) is 13. The second kappa shape index (κ2) is 36.4. The number of phenols is 1. The van der Waals surface area contributed by atoms with Gasteiger partial charge in [-0.15, -0.1) is 0 Å². The summed E-state index contributed by atoms with van der Waals surface area (Å²) in [6, 6.07) is -1.18. The van der Waals surface area contributed by atoms with Gasteiger partial charge in [0.15, 0.2) is 6.10 Å². The fraction of sp³-hybridized carbons (Fsp3) is 0.388. The van der Waals surface area contributed by atoms with E-state index in [1.54, 1.807) is 48.5 Å². The summed E-state index contributed by atoms with van der Waals surface area (Å²) in [7, 11) is 0. The molecule has 556 valence electrons. The number of aliphatic hydroxyl groups is 2. The maximum absolute atomic E-state index is 15.3. The number of ether oxygens (including phenoxy) is 2. The van der Waals surface area contributed by atoms with Crippen molar-refractivity contribution in [3.8, 4) is 5.75 Å². The van der Waals surface area contributed by atoms with Crippen LogP contribution < -0.4 is 64.2 Å². The predicted molar refractivity (Wildman–Crippen MR) is 361 cm³/mol. The molecule has 2 fully saturated rings. The van der Waals surface area contributed by atoms with Crippen LogP contribution in [0.1, 0.15) is 88.4 Å². The minimum Gasteiger partial charge on any atom is -0.508 e. The van der Waals surface area contributed by atoms with E-state index in [9.17, 15) is 93.0 Å². The number of cyclic esters (lactones) is 1. The van der Waals surface area contributed by atoms with Gasteiger partial charge in [0.05, 0.1) is 44.6 Å². The van der Waals surface area contributed by atoms with Crippen LogP contribution in [-0.4, -0.2) is 215 Å². The molecular weight excluding hydrogens is 1370 g/mol. The standard InChI is InChI=1S/C67H80N14O23/c1-5-10-48-56(104-48)66(101)79-47(29-82)62(97)80-54-32(4)103-67(102)46(22-35-28-70-40-14-9-7-12-38(35)40)78-58(93)41(19-20-49(68)85)73-63(98)53(31(3)83)72-30(2)26-71-57(92)43(23-50(86)87)77-65(100)55(33-15-17-36(84)18-16-33)81-61(96)45(25-52(90)91)75-60(95)44(24-51(88)89)74-59(94)42(76-64(54)99)21-34-27-69-39-13-8-6-11-37(34)39/h6-9,11-18,22,27-28,31-32,41-45,47-48,53-56,69-70,72,82-84H,2,5,10,19-21,23-26,29H2,1,3-4H3,(H2,68,85)(H,71,92)(H,73,98)(H,74,94)(H,75,95)(H,76,99)(H,77,100)(H,78,93)(H,79,101)(H,80,97)(H,81,96)(H,86,87)(H,88,89)(H,90,91). The molecule has 4 heterocycles. The molecule has 0 radical (unpaired) electrons. The number of aromatic nitrogens is 2. The molecule has 3 aromatic carbocycles. The number of aliphatic hydroxyl groups excluding tert-OH is 2. The number of H-pyrrole nitrogens is 2. The molecule has 0 aliphatic carbocycles. The molecule has 5 aromatic rings. The van der Waals surface area contributed by atoms with Crippen molar-refractivity contribution in [2.45, 2.75) is 151 Å². The maximum Gasteiger partial charge on any atom is 0.355 e. The van der Waals surface area contributed by atoms with Gasteiger partial charge in [0.2, 0.25) is 59.1 Å². The molecule has 2 saturated heterocycles. The third-order valence-electron chi connectivity index (χ3n) is 16.4. The molecule has 11 amide bonds. The molecule has 104 heavy (non-hydrogen) atoms. The summed E-state index contributed by atoms with van der Waals surface area (Å²) >= 11 is 0. The first-order valence-electron chi connectivity index (χ1n) is 32.5. The van der Waals surface area contributed by atoms with E-state index in [-0.39, 0.29) is 28.1 Å². The van der Waals surface area contributed by atoms with Gasteiger partial charge in [0.1, 0.15) is 71.9 Å². The lowest BCUT2D eigenvalue weighted by atomic mass is 10.0. The SMILES string of the molecule is C=C1CNC(=O)C(CC(=O)O)NC(=O)C(c2ccc(O)cc2)NC(=O)C(CC(=O)O)NC(=O)C(CC(=O)O)NC(=O)C(Cc2c[nH]c3ccccc23)NC(=O)C(NC(=O)C(CO)NC(=O)C2OC2CCC)C(C)OC(=O)C(=Cc2c[nH]c3ccccc23)NC(=O)C(CCC(N)=O)NC(=O)C(C(C)O)N1. The highest BCUT2D eigenvalue weighted by Gasteiger charge is 2.46. The van der Waals surface area contributed by atoms with E-state index in [1.165, 1.54) is 12.4 Å². The number of rotatable bonds is 21. The summed E-state index contributed by atoms with van der Waals surface area (Å²) in [5.41, 5.74) is 5.65. The summed E-state index contributed by atoms with van der Waals surface area (Å²) < 4.78 is 11.3. The van der Waals surface area contributed by atoms with Crippen LogP contribution in [0, 0.1) is 0 Å². The lowest BCUT2D eigenvalue weighted by molar-refractivity contribution is -0.150. The van der Waals surface area contributed by atoms with E-state index >= 15 is 9.59 Å². The van der Waals surface area contributed by atoms with Crippen molar-refractivity contribution in [3.63, 3.8) is 0 Å². The Balaban J connectivity index is 1.36. The Morgan fingerprint density at radius 1 is 0.663 bits per heavy atom. The first kappa shape index (κ1) is 79.1. The number of fused-ring (bicyclic) bond motifs is 2. The van der Waals surface area contributed by atoms with Crippen molar-refractivity contribution in [1.82, 2.24) is 68.5 Å². The van der Waals surface area contributed by atoms with E-state index < -0.39 is 225 Å². The normalized spacial score (nSPS) is 24.2. The van der Waals surface area contributed by atoms with Gasteiger partial charge in [-0.05, 0) is 68.2 Å². The van der Waals surface area contributed by atoms with Crippen LogP contribution in [0.4, 0.5) is 0 Å². The molecular formula is C67H80N14O23. The van der Waals surface area contributed by atoms with E-state index in [4.69, 9.17) is 15.2 Å². The number of nitrogens with two attached hydrogens (primary N) is 1. The number of carboxylic acid groups (broad SMARTS) is 3. The summed E-state index contributed by atoms with van der Waals surface area (Å²) in [6.07, 6.45) is -5.91. The zero-order valence-corrected chi connectivity index (χ0v) is 56.1. The van der Waals surface area contributed by atoms with E-state index in [0.717, 1.165) is 44.2 Å². The largest absolute Gasteiger partial charge is 0.508 e. The smallest absolute Gasteiger partial charge is 0.355 e. The number of esters is 1. The molecule has 0 saturated carbocycles. The van der Waals surface area contributed by atoms with Crippen molar-refractivity contribution in [2.75, 3.05) is 13.2 Å². The van der Waals surface area contributed by atoms with Crippen LogP contribution in [0.25, 0.3) is 27.9 Å². The molecule has 0 bridgehead atoms. The molecule has 2 aliphatic heterocycles. The number of hydrogen-bond acceptors (Lipinski definition) is 21. The highest BCUT2D eigenvalue weighted by atomic mass is 16.6. The third-order valence-corrected chi connectivity index (χ3v) is 16.4. The van der Waals surface area contributed by atoms with Crippen molar-refractivity contribution in [3.05, 3.63) is 120 Å². The molecule has 21 N–H and O–H groups in total. The van der Waals surface area contributed by atoms with E-state index in [0.29, 0.717) is 34.6 Å². The summed E-state index contributed by atoms with van der Waals surface area (Å²) in [5.74, 6) is -21.3. The van der Waals surface area contributed by atoms with Crippen LogP contribution in [0.2, 0.25) is 0 Å². The third kappa shape index (κ3) is 22.1. The number of carbonyl (C=O) groups is 15. The van der Waals surface area contributed by atoms with Gasteiger partial charge >= 0.3 is 23.9 Å². The first-order valence-corrected chi connectivity index (χ1v) is 32.5. The minimum absolute atomic E-state index is 0.191. The topological polar surface area (TPSA) is 589 Å². The Hall–Kier alpha value is -12.3. The van der Waals surface area contributed by atoms with Crippen LogP contribution >= 0.6 is 0 Å². The lowest BCUT2D eigenvalue weighted by Gasteiger charge is -2.29. The Bertz CT molecular complexity index is 4130. The molecule has 2 aliphatic rings. The van der Waals surface area contributed by atoms with Crippen molar-refractivity contribution < 1.29 is 112 Å². The van der Waals surface area contributed by atoms with Crippen LogP contribution in [0.5, 0.6) is 5.75 Å². The zero-order chi connectivity index (χ0) is 76.2. The number of primary amides is 1. The number of benzene rings is 3. The number of epoxide rings is 1. The second-order valence-corrected chi connectivity index (χ2v) is 24.4. The average molecular weight is 1450 g/mol. The Kier molecular flexibility index (Phi) is 27.7. The number of aromatic amines is 2. The number of carboxylic acids is 3. The van der Waals surface area contributed by atoms with Crippen LogP contribution in [0.3, 0.4) is 0 Å². The molecule has 13 unspecified atom stereocenters. The van der Waals surface area contributed by atoms with Gasteiger partial charge in [-0.1, -0.05) is 68.5 Å². The minimum atomic E-state index is -2.30. The number of carbonyl (C=O) groups excluding carboxylic acids is 12. The Morgan fingerprint density at radius 2 is 1.21 bits per heavy atom. The number of hydrogen-bond donors (Lipinski definition) is 20. The van der Waals surface area contributed by atoms with Gasteiger partial charge < -0.3 is 114 Å². The molecule has 13 atom stereocenters. The summed E-state index contributed by atoms with van der Waals surface area (Å²) in [4.78, 5) is 215. The number of para-hydroxylation sites is 2. The summed E-state index contributed by atoms with van der Waals surface area (Å²) in [5, 5.41) is 88.1. The van der Waals surface area contributed by atoms with E-state index in [1.807, 2.05) is 6.92 Å². The van der Waals surface area contributed by atoms with Crippen molar-refractivity contribution in [2.24, 2.45) is 5.73 Å². The summed E-state index contributed by atoms with van der Waals surface area (Å²) in [6.45, 7) is 5.91. The van der Waals surface area contributed by atoms with Crippen molar-refractivity contribution in [1.29, 1.82) is 0 Å². The van der Waals surface area contributed by atoms with Gasteiger partial charge in [-0.2, -0.15) is 0 Å². The van der Waals surface area contributed by atoms with Gasteiger partial charge in [0, 0.05) is 58.3 Å². The Morgan fingerprint density at radius 3 is 1.81 bits per heavy atom.